The Labute approximate surface area is 329 Å². The summed E-state index contributed by atoms with van der Waals surface area (Å²) in [5.74, 6) is -10.5. The van der Waals surface area contributed by atoms with E-state index in [-0.39, 0.29) is 62.0 Å². The van der Waals surface area contributed by atoms with E-state index in [1.165, 1.54) is 23.5 Å². The van der Waals surface area contributed by atoms with Crippen LogP contribution in [0.4, 0.5) is 8.78 Å². The van der Waals surface area contributed by atoms with Crippen molar-refractivity contribution in [1.29, 1.82) is 0 Å². The van der Waals surface area contributed by atoms with Crippen LogP contribution in [0.1, 0.15) is 134 Å². The Hall–Kier alpha value is -4.22. The molecule has 3 aliphatic rings. The predicted octanol–water partition coefficient (Wildman–Crippen LogP) is 7.36. The molecule has 2 aromatic rings. The number of hydrogen-bond acceptors (Lipinski definition) is 8. The molecule has 1 unspecified atom stereocenters. The molecule has 304 valence electrons. The van der Waals surface area contributed by atoms with Crippen LogP contribution in [0.25, 0.3) is 0 Å². The van der Waals surface area contributed by atoms with Gasteiger partial charge in [0.1, 0.15) is 11.7 Å². The second kappa shape index (κ2) is 18.4. The molecule has 0 radical (unpaired) electrons. The van der Waals surface area contributed by atoms with E-state index in [1.54, 1.807) is 20.8 Å². The van der Waals surface area contributed by atoms with Gasteiger partial charge in [0.2, 0.25) is 17.6 Å². The molecule has 1 aromatic heterocycles. The number of likely N-dealkylation sites (tertiary alicyclic amines) is 1. The van der Waals surface area contributed by atoms with E-state index in [2.05, 4.69) is 15.3 Å². The largest absolute Gasteiger partial charge is 0.344 e. The molecular weight excluding hydrogens is 719 g/mol. The number of ketones is 4. The van der Waals surface area contributed by atoms with Crippen molar-refractivity contribution in [3.8, 4) is 0 Å². The summed E-state index contributed by atoms with van der Waals surface area (Å²) in [5.41, 5.74) is 0.144. The molecule has 5 rings (SSSR count). The van der Waals surface area contributed by atoms with Crippen LogP contribution in [0.15, 0.2) is 48.9 Å². The third-order valence-electron chi connectivity index (χ3n) is 12.4. The molecule has 2 aliphatic carbocycles. The van der Waals surface area contributed by atoms with Crippen LogP contribution < -0.4 is 5.32 Å². The second-order valence-corrected chi connectivity index (χ2v) is 17.5. The average molecular weight is 777 g/mol. The van der Waals surface area contributed by atoms with Gasteiger partial charge in [0, 0.05) is 62.4 Å². The standard InChI is InChI=1S/C44H58F2N4O6/c1-6-13-30(39(54)37(53)22-27(2)28-14-9-7-10-15-28)23-36(52)38-31-18-19-44(45,46)33(31)26-50(38)42(56)40(43(3,4)5)49-41(55)32(29-16-11-8-12-17-29)24-35(51)34-25-47-20-21-48-34/h7,9-10,14-15,20-21,25,27,29-33,38,40H,6,8,11-13,16-19,22-24,26H2,1-5H3,(H,49,55)/t27-,30-,31-,32-,33?,38-,40+/m0/s1. The summed E-state index contributed by atoms with van der Waals surface area (Å²) in [6.45, 7) is 8.62. The van der Waals surface area contributed by atoms with E-state index in [1.807, 2.05) is 44.2 Å². The van der Waals surface area contributed by atoms with E-state index in [0.717, 1.165) is 37.7 Å². The van der Waals surface area contributed by atoms with Crippen LogP contribution in [0, 0.1) is 35.0 Å². The lowest BCUT2D eigenvalue weighted by Gasteiger charge is -2.38. The van der Waals surface area contributed by atoms with E-state index in [4.69, 9.17) is 0 Å². The number of fused-ring (bicyclic) bond motifs is 1. The number of rotatable bonds is 17. The Morgan fingerprint density at radius 1 is 0.946 bits per heavy atom. The number of nitrogens with one attached hydrogen (secondary N) is 1. The SMILES string of the molecule is CCC[C@@H](CC(=O)[C@@H]1[C@H]2CCC(F)(F)C2CN1C(=O)[C@@H](NC(=O)[C@@H](CC(=O)c1cnccn1)C1CCCCC1)C(C)(C)C)C(=O)C(=O)C[C@H](C)c1ccccc1. The highest BCUT2D eigenvalue weighted by atomic mass is 19.3. The fourth-order valence-electron chi connectivity index (χ4n) is 9.27. The number of hydrogen-bond donors (Lipinski definition) is 1. The molecular formula is C44H58F2N4O6. The van der Waals surface area contributed by atoms with Crippen molar-refractivity contribution < 1.29 is 37.5 Å². The van der Waals surface area contributed by atoms with Gasteiger partial charge in [-0.2, -0.15) is 0 Å². The lowest BCUT2D eigenvalue weighted by molar-refractivity contribution is -0.146. The first kappa shape index (κ1) is 42.9. The lowest BCUT2D eigenvalue weighted by atomic mass is 9.76. The fourth-order valence-corrected chi connectivity index (χ4v) is 9.27. The summed E-state index contributed by atoms with van der Waals surface area (Å²) >= 11 is 0. The topological polar surface area (TPSA) is 143 Å². The smallest absolute Gasteiger partial charge is 0.253 e. The quantitative estimate of drug-likeness (QED) is 0.130. The number of nitrogens with zero attached hydrogens (tertiary/aromatic N) is 3. The van der Waals surface area contributed by atoms with E-state index in [0.29, 0.717) is 6.42 Å². The van der Waals surface area contributed by atoms with Crippen molar-refractivity contribution in [3.63, 3.8) is 0 Å². The van der Waals surface area contributed by atoms with Crippen molar-refractivity contribution in [3.05, 3.63) is 60.2 Å². The Kier molecular flexibility index (Phi) is 14.1. The van der Waals surface area contributed by atoms with Gasteiger partial charge < -0.3 is 10.2 Å². The normalized spacial score (nSPS) is 23.1. The Morgan fingerprint density at radius 2 is 1.64 bits per heavy atom. The molecule has 1 N–H and O–H groups in total. The number of halogens is 2. The molecule has 1 saturated heterocycles. The number of carbonyl (C=O) groups excluding carboxylic acids is 6. The molecule has 3 fully saturated rings. The number of aromatic nitrogens is 2. The summed E-state index contributed by atoms with van der Waals surface area (Å²) in [4.78, 5) is 93.1. The van der Waals surface area contributed by atoms with Gasteiger partial charge in [0.25, 0.3) is 5.92 Å². The van der Waals surface area contributed by atoms with Crippen LogP contribution >= 0.6 is 0 Å². The van der Waals surface area contributed by atoms with Crippen LogP contribution in [-0.4, -0.2) is 74.4 Å². The third kappa shape index (κ3) is 10.0. The first-order valence-corrected chi connectivity index (χ1v) is 20.5. The molecule has 10 nitrogen and oxygen atoms in total. The maximum Gasteiger partial charge on any atom is 0.253 e. The minimum Gasteiger partial charge on any atom is -0.344 e. The average Bonchev–Trinajstić information content (AvgIpc) is 3.72. The number of Topliss-reactive ketones (excluding diaryl/α,β-unsaturated/α-hetero) is 4. The zero-order valence-corrected chi connectivity index (χ0v) is 33.5. The van der Waals surface area contributed by atoms with Crippen molar-refractivity contribution >= 4 is 34.9 Å². The van der Waals surface area contributed by atoms with Gasteiger partial charge in [-0.15, -0.1) is 0 Å². The molecule has 2 heterocycles. The first-order chi connectivity index (χ1) is 26.5. The lowest BCUT2D eigenvalue weighted by Crippen LogP contribution is -2.58. The van der Waals surface area contributed by atoms with Gasteiger partial charge in [-0.3, -0.25) is 33.8 Å². The maximum absolute atomic E-state index is 15.4. The number of benzene rings is 1. The molecule has 7 atom stereocenters. The van der Waals surface area contributed by atoms with Gasteiger partial charge in [-0.25, -0.2) is 13.8 Å². The number of amides is 2. The molecule has 0 bridgehead atoms. The summed E-state index contributed by atoms with van der Waals surface area (Å²) in [5, 5.41) is 2.94. The van der Waals surface area contributed by atoms with Crippen molar-refractivity contribution in [2.24, 2.45) is 35.0 Å². The number of alkyl halides is 2. The van der Waals surface area contributed by atoms with Crippen molar-refractivity contribution in [1.82, 2.24) is 20.2 Å². The summed E-state index contributed by atoms with van der Waals surface area (Å²) in [6.07, 6.45) is 8.44. The monoisotopic (exact) mass is 776 g/mol. The van der Waals surface area contributed by atoms with Crippen LogP contribution in [0.2, 0.25) is 0 Å². The van der Waals surface area contributed by atoms with E-state index in [9.17, 15) is 28.8 Å². The molecule has 2 saturated carbocycles. The van der Waals surface area contributed by atoms with Gasteiger partial charge >= 0.3 is 0 Å². The number of carbonyl (C=O) groups is 6. The molecule has 56 heavy (non-hydrogen) atoms. The molecule has 12 heteroatoms. The van der Waals surface area contributed by atoms with Gasteiger partial charge in [-0.1, -0.05) is 90.6 Å². The Bertz CT molecular complexity index is 1730. The Balaban J connectivity index is 1.38. The highest BCUT2D eigenvalue weighted by Gasteiger charge is 2.61. The van der Waals surface area contributed by atoms with Crippen LogP contribution in [0.5, 0.6) is 0 Å². The maximum atomic E-state index is 15.4. The highest BCUT2D eigenvalue weighted by molar-refractivity contribution is 6.38. The molecule has 2 amide bonds. The minimum absolute atomic E-state index is 0.0263. The summed E-state index contributed by atoms with van der Waals surface area (Å²) in [6, 6.07) is 6.92. The first-order valence-electron chi connectivity index (χ1n) is 20.5. The van der Waals surface area contributed by atoms with Crippen molar-refractivity contribution in [2.75, 3.05) is 6.54 Å². The van der Waals surface area contributed by atoms with E-state index < -0.39 is 82.7 Å². The fraction of sp³-hybridized carbons (Fsp3) is 0.636. The zero-order valence-electron chi connectivity index (χ0n) is 33.5. The molecule has 1 aromatic carbocycles. The third-order valence-corrected chi connectivity index (χ3v) is 12.4. The zero-order chi connectivity index (χ0) is 40.8. The van der Waals surface area contributed by atoms with Crippen LogP contribution in [-0.2, 0) is 24.0 Å². The Morgan fingerprint density at radius 3 is 2.27 bits per heavy atom. The summed E-state index contributed by atoms with van der Waals surface area (Å²) in [7, 11) is 0. The minimum atomic E-state index is -3.10. The predicted molar refractivity (Wildman–Crippen MR) is 207 cm³/mol. The van der Waals surface area contributed by atoms with Gasteiger partial charge in [0.05, 0.1) is 12.2 Å². The van der Waals surface area contributed by atoms with Crippen molar-refractivity contribution in [2.45, 2.75) is 136 Å². The van der Waals surface area contributed by atoms with E-state index >= 15 is 8.78 Å². The molecule has 0 spiro atoms. The van der Waals surface area contributed by atoms with Gasteiger partial charge in [-0.05, 0) is 54.4 Å². The summed E-state index contributed by atoms with van der Waals surface area (Å²) < 4.78 is 30.8. The van der Waals surface area contributed by atoms with Crippen LogP contribution in [0.3, 0.4) is 0 Å². The molecule has 1 aliphatic heterocycles. The van der Waals surface area contributed by atoms with Gasteiger partial charge in [0.15, 0.2) is 17.3 Å². The second-order valence-electron chi connectivity index (χ2n) is 17.5. The highest BCUT2D eigenvalue weighted by Crippen LogP contribution is 2.52.